The summed E-state index contributed by atoms with van der Waals surface area (Å²) in [5.74, 6) is -1.26. The number of carbonyl (C=O) groups is 1. The van der Waals surface area contributed by atoms with Crippen LogP contribution < -0.4 is 13.9 Å². The number of halogens is 3. The Bertz CT molecular complexity index is 1040. The summed E-state index contributed by atoms with van der Waals surface area (Å²) in [7, 11) is -2.23. The Morgan fingerprint density at radius 2 is 1.74 bits per heavy atom. The molecule has 11 heteroatoms. The van der Waals surface area contributed by atoms with Crippen LogP contribution in [0.15, 0.2) is 36.4 Å². The number of carboxylic acids is 1. The summed E-state index contributed by atoms with van der Waals surface area (Å²) < 4.78 is 70.6. The second kappa shape index (κ2) is 9.04. The van der Waals surface area contributed by atoms with Gasteiger partial charge in [0.25, 0.3) is 0 Å². The number of piperidine rings is 1. The average Bonchev–Trinajstić information content (AvgIpc) is 2.73. The molecule has 0 saturated carbocycles. The Kier molecular flexibility index (Phi) is 6.63. The molecule has 7 nitrogen and oxygen atoms in total. The standard InChI is InChI=1S/C20H21F3N2O5S/c1-30-14-6-7-15(19(26)27)17(12-14)25(31(28)29)18-11-13(20(21,22)23)5-8-16(18)24-9-3-2-4-10-24/h5-8,11-12,31H,2-4,9-10H2,1H3,(H,26,27). The molecule has 0 spiro atoms. The zero-order chi connectivity index (χ0) is 22.8. The summed E-state index contributed by atoms with van der Waals surface area (Å²) in [6, 6.07) is 6.52. The molecule has 1 fully saturated rings. The number of thiol groups is 1. The van der Waals surface area contributed by atoms with Crippen LogP contribution in [0.25, 0.3) is 0 Å². The van der Waals surface area contributed by atoms with Crippen molar-refractivity contribution >= 4 is 33.9 Å². The van der Waals surface area contributed by atoms with E-state index in [0.29, 0.717) is 17.4 Å². The van der Waals surface area contributed by atoms with E-state index in [9.17, 15) is 31.5 Å². The Morgan fingerprint density at radius 1 is 1.06 bits per heavy atom. The van der Waals surface area contributed by atoms with Crippen molar-refractivity contribution in [1.29, 1.82) is 0 Å². The first-order valence-electron chi connectivity index (χ1n) is 9.45. The molecule has 168 valence electrons. The number of benzene rings is 2. The van der Waals surface area contributed by atoms with Gasteiger partial charge in [0, 0.05) is 19.2 Å². The molecule has 2 aromatic carbocycles. The van der Waals surface area contributed by atoms with E-state index in [0.717, 1.165) is 37.5 Å². The number of nitrogens with zero attached hydrogens (tertiary/aromatic N) is 2. The Morgan fingerprint density at radius 3 is 2.29 bits per heavy atom. The molecule has 2 aromatic rings. The number of carboxylic acid groups (broad SMARTS) is 1. The summed E-state index contributed by atoms with van der Waals surface area (Å²) in [5, 5.41) is 9.55. The van der Waals surface area contributed by atoms with E-state index >= 15 is 0 Å². The predicted molar refractivity (Wildman–Crippen MR) is 110 cm³/mol. The first kappa shape index (κ1) is 22.7. The highest BCUT2D eigenvalue weighted by molar-refractivity contribution is 7.74. The number of anilines is 3. The zero-order valence-corrected chi connectivity index (χ0v) is 17.4. The minimum absolute atomic E-state index is 0.161. The van der Waals surface area contributed by atoms with Crippen molar-refractivity contribution in [2.45, 2.75) is 25.4 Å². The van der Waals surface area contributed by atoms with Gasteiger partial charge in [-0.3, -0.25) is 0 Å². The van der Waals surface area contributed by atoms with Crippen molar-refractivity contribution in [3.63, 3.8) is 0 Å². The molecule has 0 radical (unpaired) electrons. The molecule has 3 rings (SSSR count). The fourth-order valence-corrected chi connectivity index (χ4v) is 4.25. The van der Waals surface area contributed by atoms with Crippen LogP contribution in [0.3, 0.4) is 0 Å². The molecule has 0 atom stereocenters. The first-order chi connectivity index (χ1) is 14.6. The zero-order valence-electron chi connectivity index (χ0n) is 16.6. The maximum absolute atomic E-state index is 13.4. The van der Waals surface area contributed by atoms with Crippen LogP contribution in [-0.2, 0) is 17.1 Å². The second-order valence-electron chi connectivity index (χ2n) is 6.99. The van der Waals surface area contributed by atoms with Gasteiger partial charge in [0.05, 0.1) is 35.3 Å². The monoisotopic (exact) mass is 458 g/mol. The molecule has 1 aliphatic rings. The van der Waals surface area contributed by atoms with Gasteiger partial charge in [-0.2, -0.15) is 13.2 Å². The van der Waals surface area contributed by atoms with E-state index in [4.69, 9.17) is 4.74 Å². The summed E-state index contributed by atoms with van der Waals surface area (Å²) in [6.07, 6.45) is -2.13. The van der Waals surface area contributed by atoms with Crippen LogP contribution in [0.1, 0.15) is 35.2 Å². The van der Waals surface area contributed by atoms with Crippen molar-refractivity contribution in [3.05, 3.63) is 47.5 Å². The van der Waals surface area contributed by atoms with Gasteiger partial charge in [0.1, 0.15) is 5.75 Å². The number of ether oxygens (including phenoxy) is 1. The number of aromatic carboxylic acids is 1. The lowest BCUT2D eigenvalue weighted by molar-refractivity contribution is -0.137. The van der Waals surface area contributed by atoms with Gasteiger partial charge in [0.15, 0.2) is 0 Å². The van der Waals surface area contributed by atoms with Gasteiger partial charge in [0.2, 0.25) is 10.9 Å². The van der Waals surface area contributed by atoms with Crippen LogP contribution in [0.5, 0.6) is 5.75 Å². The molecule has 1 heterocycles. The minimum Gasteiger partial charge on any atom is -0.497 e. The molecule has 0 bridgehead atoms. The van der Waals surface area contributed by atoms with E-state index in [2.05, 4.69) is 0 Å². The minimum atomic E-state index is -4.71. The number of rotatable bonds is 6. The van der Waals surface area contributed by atoms with Crippen LogP contribution >= 0.6 is 0 Å². The van der Waals surface area contributed by atoms with Crippen molar-refractivity contribution in [1.82, 2.24) is 0 Å². The molecule has 1 saturated heterocycles. The smallest absolute Gasteiger partial charge is 0.416 e. The maximum atomic E-state index is 13.4. The summed E-state index contributed by atoms with van der Waals surface area (Å²) >= 11 is 0. The highest BCUT2D eigenvalue weighted by Crippen LogP contribution is 2.42. The number of hydrogen-bond donors (Lipinski definition) is 2. The van der Waals surface area contributed by atoms with Gasteiger partial charge in [-0.25, -0.2) is 17.5 Å². The van der Waals surface area contributed by atoms with E-state index < -0.39 is 28.6 Å². The summed E-state index contributed by atoms with van der Waals surface area (Å²) in [4.78, 5) is 13.5. The topological polar surface area (TPSA) is 87.2 Å². The predicted octanol–water partition coefficient (Wildman–Crippen LogP) is 4.07. The maximum Gasteiger partial charge on any atom is 0.416 e. The Balaban J connectivity index is 2.29. The van der Waals surface area contributed by atoms with Crippen molar-refractivity contribution in [2.24, 2.45) is 0 Å². The van der Waals surface area contributed by atoms with Gasteiger partial charge in [-0.1, -0.05) is 0 Å². The van der Waals surface area contributed by atoms with Crippen LogP contribution in [0.4, 0.5) is 30.2 Å². The van der Waals surface area contributed by atoms with Gasteiger partial charge in [-0.15, -0.1) is 0 Å². The van der Waals surface area contributed by atoms with Crippen molar-refractivity contribution in [3.8, 4) is 5.75 Å². The normalized spacial score (nSPS) is 14.5. The molecular formula is C20H21F3N2O5S. The van der Waals surface area contributed by atoms with E-state index in [1.807, 2.05) is 4.90 Å². The fourth-order valence-electron chi connectivity index (χ4n) is 3.57. The van der Waals surface area contributed by atoms with Crippen LogP contribution in [0, 0.1) is 0 Å². The van der Waals surface area contributed by atoms with Crippen molar-refractivity contribution < 1.29 is 36.2 Å². The molecule has 0 aromatic heterocycles. The third kappa shape index (κ3) is 4.87. The first-order valence-corrected chi connectivity index (χ1v) is 10.6. The van der Waals surface area contributed by atoms with E-state index in [1.54, 1.807) is 0 Å². The van der Waals surface area contributed by atoms with E-state index in [-0.39, 0.29) is 28.4 Å². The molecule has 1 N–H and O–H groups in total. The Labute approximate surface area is 178 Å². The second-order valence-corrected chi connectivity index (χ2v) is 7.86. The quantitative estimate of drug-likeness (QED) is 0.635. The highest BCUT2D eigenvalue weighted by Gasteiger charge is 2.33. The van der Waals surface area contributed by atoms with Crippen LogP contribution in [0.2, 0.25) is 0 Å². The summed E-state index contributed by atoms with van der Waals surface area (Å²) in [5.41, 5.74) is -1.71. The van der Waals surface area contributed by atoms with Gasteiger partial charge >= 0.3 is 12.1 Å². The summed E-state index contributed by atoms with van der Waals surface area (Å²) in [6.45, 7) is 1.09. The largest absolute Gasteiger partial charge is 0.497 e. The van der Waals surface area contributed by atoms with Crippen LogP contribution in [-0.4, -0.2) is 39.7 Å². The lowest BCUT2D eigenvalue weighted by Gasteiger charge is -2.33. The number of hydrogen-bond acceptors (Lipinski definition) is 5. The lowest BCUT2D eigenvalue weighted by Crippen LogP contribution is -2.31. The molecule has 0 aliphatic carbocycles. The van der Waals surface area contributed by atoms with E-state index in [1.165, 1.54) is 25.3 Å². The highest BCUT2D eigenvalue weighted by atomic mass is 32.2. The van der Waals surface area contributed by atoms with Gasteiger partial charge < -0.3 is 14.7 Å². The van der Waals surface area contributed by atoms with Crippen molar-refractivity contribution in [2.75, 3.05) is 29.4 Å². The fraction of sp³-hybridized carbons (Fsp3) is 0.350. The number of alkyl halides is 3. The molecular weight excluding hydrogens is 437 g/mol. The third-order valence-corrected chi connectivity index (χ3v) is 5.81. The molecule has 31 heavy (non-hydrogen) atoms. The Hall–Kier alpha value is -2.95. The molecule has 1 aliphatic heterocycles. The molecule has 0 amide bonds. The number of methoxy groups -OCH3 is 1. The lowest BCUT2D eigenvalue weighted by atomic mass is 10.1. The van der Waals surface area contributed by atoms with Gasteiger partial charge in [-0.05, 0) is 49.6 Å². The third-order valence-electron chi connectivity index (χ3n) is 5.05. The average molecular weight is 458 g/mol. The SMILES string of the molecule is COc1ccc(C(=O)O)c(N(c2cc(C(F)(F)F)ccc2N2CCCCC2)[SH](=O)=O)c1. The molecule has 0 unspecified atom stereocenters.